The Balaban J connectivity index is 2.59. The highest BCUT2D eigenvalue weighted by Crippen LogP contribution is 2.49. The van der Waals surface area contributed by atoms with Crippen LogP contribution in [0.4, 0.5) is 0 Å². The molecule has 0 aromatic rings. The first-order valence-electron chi connectivity index (χ1n) is 23.6. The van der Waals surface area contributed by atoms with Crippen molar-refractivity contribution in [2.24, 2.45) is 0 Å². The predicted molar refractivity (Wildman–Crippen MR) is 232 cm³/mol. The Hall–Kier alpha value is -1.00. The van der Waals surface area contributed by atoms with Crippen LogP contribution in [-0.2, 0) is 41.8 Å². The molecule has 16 nitrogen and oxygen atoms in total. The lowest BCUT2D eigenvalue weighted by Gasteiger charge is -2.43. The van der Waals surface area contributed by atoms with Gasteiger partial charge < -0.3 is 44.6 Å². The van der Waals surface area contributed by atoms with Crippen LogP contribution in [0.5, 0.6) is 0 Å². The number of rotatable bonds is 40. The zero-order valence-corrected chi connectivity index (χ0v) is 39.2. The van der Waals surface area contributed by atoms with Gasteiger partial charge in [0, 0.05) is 12.8 Å². The minimum absolute atomic E-state index is 0.0522. The monoisotopic (exact) mass is 919 g/mol. The first-order chi connectivity index (χ1) is 29.1. The van der Waals surface area contributed by atoms with E-state index in [2.05, 4.69) is 18.4 Å². The lowest BCUT2D eigenvalue weighted by Crippen LogP contribution is -2.64. The predicted octanol–water partition coefficient (Wildman–Crippen LogP) is 8.62. The van der Waals surface area contributed by atoms with Crippen molar-refractivity contribution in [3.05, 3.63) is 0 Å². The minimum Gasteiger partial charge on any atom is -0.462 e. The van der Waals surface area contributed by atoms with E-state index in [0.29, 0.717) is 12.8 Å². The fraction of sp³-hybridized carbons (Fsp3) is 0.953. The molecule has 362 valence electrons. The summed E-state index contributed by atoms with van der Waals surface area (Å²) in [6.45, 7) is 3.12. The number of aliphatic hydroxyl groups is 4. The molecule has 61 heavy (non-hydrogen) atoms. The molecule has 1 aliphatic carbocycles. The summed E-state index contributed by atoms with van der Waals surface area (Å²) >= 11 is 0. The van der Waals surface area contributed by atoms with Crippen molar-refractivity contribution in [1.29, 1.82) is 0 Å². The molecule has 0 saturated heterocycles. The topological polar surface area (TPSA) is 256 Å². The van der Waals surface area contributed by atoms with Crippen LogP contribution in [0.15, 0.2) is 0 Å². The van der Waals surface area contributed by atoms with Crippen molar-refractivity contribution in [3.63, 3.8) is 0 Å². The normalized spacial score (nSPS) is 22.2. The van der Waals surface area contributed by atoms with Gasteiger partial charge in [0.2, 0.25) is 0 Å². The molecule has 1 fully saturated rings. The second-order valence-electron chi connectivity index (χ2n) is 16.8. The highest BCUT2D eigenvalue weighted by Gasteiger charge is 2.54. The molecular weight excluding hydrogens is 834 g/mol. The Labute approximate surface area is 366 Å². The van der Waals surface area contributed by atoms with Crippen molar-refractivity contribution in [1.82, 2.24) is 0 Å². The summed E-state index contributed by atoms with van der Waals surface area (Å²) in [5, 5.41) is 41.2. The van der Waals surface area contributed by atoms with E-state index in [1.165, 1.54) is 116 Å². The molecule has 1 saturated carbocycles. The SMILES string of the molecule is CCCCCCCCCCCCCCCCCC(=O)O[C@H](COC(=O)CCCCCCCCCCCCCCC)COP(=O)(O)O[C@H]1C(O)C(O)C(O)[C@@H](OP(=O)(O)O)C1O. The summed E-state index contributed by atoms with van der Waals surface area (Å²) in [4.78, 5) is 54.2. The Morgan fingerprint density at radius 2 is 0.803 bits per heavy atom. The molecule has 0 bridgehead atoms. The third kappa shape index (κ3) is 30.0. The van der Waals surface area contributed by atoms with Crippen LogP contribution >= 0.6 is 15.6 Å². The number of esters is 2. The van der Waals surface area contributed by atoms with Crippen molar-refractivity contribution in [3.8, 4) is 0 Å². The van der Waals surface area contributed by atoms with Crippen LogP contribution in [0.3, 0.4) is 0 Å². The molecule has 0 aromatic carbocycles. The highest BCUT2D eigenvalue weighted by molar-refractivity contribution is 7.47. The third-order valence-electron chi connectivity index (χ3n) is 11.2. The van der Waals surface area contributed by atoms with Crippen LogP contribution in [0.2, 0.25) is 0 Å². The fourth-order valence-electron chi connectivity index (χ4n) is 7.50. The first kappa shape index (κ1) is 58.0. The third-order valence-corrected chi connectivity index (χ3v) is 12.7. The minimum atomic E-state index is -5.36. The van der Waals surface area contributed by atoms with Crippen LogP contribution in [0.1, 0.15) is 206 Å². The molecule has 1 aliphatic rings. The Morgan fingerprint density at radius 1 is 0.459 bits per heavy atom. The van der Waals surface area contributed by atoms with E-state index in [1.54, 1.807) is 0 Å². The van der Waals surface area contributed by atoms with Gasteiger partial charge in [-0.1, -0.05) is 181 Å². The average Bonchev–Trinajstić information content (AvgIpc) is 3.21. The average molecular weight is 919 g/mol. The van der Waals surface area contributed by atoms with Crippen molar-refractivity contribution < 1.29 is 76.9 Å². The number of hydrogen-bond donors (Lipinski definition) is 7. The van der Waals surface area contributed by atoms with E-state index >= 15 is 0 Å². The maximum Gasteiger partial charge on any atom is 0.472 e. The number of hydrogen-bond acceptors (Lipinski definition) is 13. The summed E-state index contributed by atoms with van der Waals surface area (Å²) in [6.07, 6.45) is 17.8. The van der Waals surface area contributed by atoms with E-state index in [9.17, 15) is 44.0 Å². The van der Waals surface area contributed by atoms with Gasteiger partial charge in [-0.25, -0.2) is 9.13 Å². The molecule has 0 aromatic heterocycles. The molecule has 7 N–H and O–H groups in total. The zero-order valence-electron chi connectivity index (χ0n) is 37.4. The van der Waals surface area contributed by atoms with E-state index < -0.39 is 83.5 Å². The van der Waals surface area contributed by atoms with Gasteiger partial charge in [0.25, 0.3) is 0 Å². The van der Waals surface area contributed by atoms with Crippen LogP contribution in [0.25, 0.3) is 0 Å². The summed E-state index contributed by atoms with van der Waals surface area (Å²) in [6, 6.07) is 0. The van der Waals surface area contributed by atoms with Crippen molar-refractivity contribution in [2.45, 2.75) is 249 Å². The number of carbonyl (C=O) groups excluding carboxylic acids is 2. The molecule has 1 rings (SSSR count). The summed E-state index contributed by atoms with van der Waals surface area (Å²) in [5.41, 5.74) is 0. The van der Waals surface area contributed by atoms with Gasteiger partial charge in [0.1, 0.15) is 43.2 Å². The number of aliphatic hydroxyl groups excluding tert-OH is 4. The van der Waals surface area contributed by atoms with Gasteiger partial charge >= 0.3 is 27.6 Å². The van der Waals surface area contributed by atoms with E-state index in [0.717, 1.165) is 51.4 Å². The van der Waals surface area contributed by atoms with Crippen LogP contribution in [-0.4, -0.2) is 103 Å². The standard InChI is InChI=1S/C43H84O16P2/c1-3-5-7-9-11-13-15-17-18-20-22-24-26-28-30-32-37(45)57-35(33-55-36(44)31-29-27-25-23-21-19-16-14-12-10-8-6-4-2)34-56-61(53,54)59-43-40(48)38(46)39(47)42(41(43)49)58-60(50,51)52/h35,38-43,46-49H,3-34H2,1-2H3,(H,53,54)(H2,50,51,52)/t35-,38?,39?,40?,41?,42-,43+/m1/s1. The van der Waals surface area contributed by atoms with E-state index in [-0.39, 0.29) is 12.8 Å². The summed E-state index contributed by atoms with van der Waals surface area (Å²) < 4.78 is 49.3. The van der Waals surface area contributed by atoms with Crippen LogP contribution < -0.4 is 0 Å². The number of carbonyl (C=O) groups is 2. The highest BCUT2D eigenvalue weighted by atomic mass is 31.2. The Morgan fingerprint density at radius 3 is 1.18 bits per heavy atom. The molecule has 5 unspecified atom stereocenters. The second kappa shape index (κ2) is 35.3. The molecule has 18 heteroatoms. The van der Waals surface area contributed by atoms with Gasteiger partial charge in [-0.2, -0.15) is 0 Å². The second-order valence-corrected chi connectivity index (χ2v) is 19.4. The quantitative estimate of drug-likeness (QED) is 0.0172. The number of ether oxygens (including phenoxy) is 2. The molecule has 0 aliphatic heterocycles. The number of phosphoric acid groups is 2. The Kier molecular flexibility index (Phi) is 33.6. The van der Waals surface area contributed by atoms with Gasteiger partial charge in [-0.05, 0) is 12.8 Å². The smallest absolute Gasteiger partial charge is 0.462 e. The molecular formula is C43H84O16P2. The molecule has 0 radical (unpaired) electrons. The van der Waals surface area contributed by atoms with Crippen molar-refractivity contribution >= 4 is 27.6 Å². The maximum atomic E-state index is 13.0. The number of phosphoric ester groups is 2. The summed E-state index contributed by atoms with van der Waals surface area (Å²) in [7, 11) is -10.7. The maximum absolute atomic E-state index is 13.0. The summed E-state index contributed by atoms with van der Waals surface area (Å²) in [5.74, 6) is -1.19. The van der Waals surface area contributed by atoms with Gasteiger partial charge in [0.15, 0.2) is 6.10 Å². The zero-order chi connectivity index (χ0) is 45.4. The van der Waals surface area contributed by atoms with Gasteiger partial charge in [-0.15, -0.1) is 0 Å². The molecule has 0 heterocycles. The lowest BCUT2D eigenvalue weighted by molar-refractivity contribution is -0.216. The fourth-order valence-corrected chi connectivity index (χ4v) is 9.04. The molecule has 8 atom stereocenters. The Bertz CT molecular complexity index is 1200. The van der Waals surface area contributed by atoms with Crippen LogP contribution in [0, 0.1) is 0 Å². The van der Waals surface area contributed by atoms with Gasteiger partial charge in [0.05, 0.1) is 6.61 Å². The lowest BCUT2D eigenvalue weighted by atomic mass is 9.85. The van der Waals surface area contributed by atoms with Crippen molar-refractivity contribution in [2.75, 3.05) is 13.2 Å². The number of unbranched alkanes of at least 4 members (excludes halogenated alkanes) is 26. The van der Waals surface area contributed by atoms with E-state index in [4.69, 9.17) is 28.3 Å². The first-order valence-corrected chi connectivity index (χ1v) is 26.6. The molecule has 0 spiro atoms. The molecule has 0 amide bonds. The van der Waals surface area contributed by atoms with Gasteiger partial charge in [-0.3, -0.25) is 23.2 Å². The largest absolute Gasteiger partial charge is 0.472 e. The van der Waals surface area contributed by atoms with E-state index in [1.807, 2.05) is 0 Å².